The molecule has 1 aromatic carbocycles. The molecule has 0 amide bonds. The van der Waals surface area contributed by atoms with Crippen molar-refractivity contribution in [3.8, 4) is 11.5 Å². The van der Waals surface area contributed by atoms with Gasteiger partial charge in [-0.1, -0.05) is 6.07 Å². The maximum Gasteiger partial charge on any atom is 0.161 e. The van der Waals surface area contributed by atoms with E-state index in [0.29, 0.717) is 12.3 Å². The summed E-state index contributed by atoms with van der Waals surface area (Å²) in [6.45, 7) is 2.51. The van der Waals surface area contributed by atoms with E-state index in [-0.39, 0.29) is 6.10 Å². The van der Waals surface area contributed by atoms with Crippen molar-refractivity contribution in [3.63, 3.8) is 0 Å². The number of ether oxygens (including phenoxy) is 2. The predicted molar refractivity (Wildman–Crippen MR) is 78.4 cm³/mol. The first kappa shape index (κ1) is 15.1. The van der Waals surface area contributed by atoms with Gasteiger partial charge in [0.1, 0.15) is 6.10 Å². The molecule has 2 rings (SSSR count). The minimum absolute atomic E-state index is 0.210. The van der Waals surface area contributed by atoms with Crippen molar-refractivity contribution in [1.82, 2.24) is 10.2 Å². The lowest BCUT2D eigenvalue weighted by atomic mass is 10.1. The molecular weight excluding hydrogens is 256 g/mol. The van der Waals surface area contributed by atoms with Crippen LogP contribution in [0, 0.1) is 0 Å². The van der Waals surface area contributed by atoms with Crippen LogP contribution >= 0.6 is 0 Å². The molecule has 0 radical (unpaired) electrons. The minimum atomic E-state index is -0.541. The summed E-state index contributed by atoms with van der Waals surface area (Å²) in [7, 11) is 5.53. The first-order chi connectivity index (χ1) is 9.63. The van der Waals surface area contributed by atoms with Crippen molar-refractivity contribution >= 4 is 0 Å². The Balaban J connectivity index is 2.09. The highest BCUT2D eigenvalue weighted by molar-refractivity contribution is 5.43. The van der Waals surface area contributed by atoms with Crippen molar-refractivity contribution in [2.24, 2.45) is 0 Å². The van der Waals surface area contributed by atoms with Crippen LogP contribution in [0.1, 0.15) is 18.1 Å². The summed E-state index contributed by atoms with van der Waals surface area (Å²) in [6, 6.07) is 5.61. The Bertz CT molecular complexity index is 439. The second-order valence-corrected chi connectivity index (χ2v) is 5.27. The first-order valence-electron chi connectivity index (χ1n) is 7.00. The molecule has 0 bridgehead atoms. The average molecular weight is 280 g/mol. The van der Waals surface area contributed by atoms with Gasteiger partial charge in [0.15, 0.2) is 11.5 Å². The van der Waals surface area contributed by atoms with E-state index in [2.05, 4.69) is 17.3 Å². The molecule has 2 N–H and O–H groups in total. The molecular formula is C15H24N2O3. The van der Waals surface area contributed by atoms with Crippen molar-refractivity contribution < 1.29 is 14.6 Å². The van der Waals surface area contributed by atoms with Gasteiger partial charge in [-0.2, -0.15) is 0 Å². The summed E-state index contributed by atoms with van der Waals surface area (Å²) < 4.78 is 11.4. The smallest absolute Gasteiger partial charge is 0.161 e. The zero-order valence-electron chi connectivity index (χ0n) is 12.4. The summed E-state index contributed by atoms with van der Waals surface area (Å²) in [5, 5.41) is 12.9. The topological polar surface area (TPSA) is 54.0 Å². The van der Waals surface area contributed by atoms with Gasteiger partial charge in [0, 0.05) is 19.6 Å². The molecule has 0 aliphatic carbocycles. The predicted octanol–water partition coefficient (Wildman–Crippen LogP) is 1.03. The fourth-order valence-electron chi connectivity index (χ4n) is 2.47. The number of aliphatic hydroxyl groups is 1. The molecule has 2 unspecified atom stereocenters. The van der Waals surface area contributed by atoms with E-state index in [4.69, 9.17) is 9.47 Å². The highest BCUT2D eigenvalue weighted by Gasteiger charge is 2.22. The molecule has 1 aromatic rings. The van der Waals surface area contributed by atoms with E-state index in [1.807, 2.05) is 25.2 Å². The molecule has 1 heterocycles. The zero-order valence-corrected chi connectivity index (χ0v) is 12.4. The Morgan fingerprint density at radius 2 is 2.25 bits per heavy atom. The van der Waals surface area contributed by atoms with Gasteiger partial charge in [-0.25, -0.2) is 0 Å². The number of likely N-dealkylation sites (N-methyl/N-ethyl adjacent to an activating group) is 2. The second kappa shape index (κ2) is 6.92. The minimum Gasteiger partial charge on any atom is -0.493 e. The molecule has 1 aliphatic rings. The normalized spacial score (nSPS) is 20.9. The van der Waals surface area contributed by atoms with Crippen LogP contribution in [0.15, 0.2) is 18.2 Å². The highest BCUT2D eigenvalue weighted by atomic mass is 16.5. The number of hydrogen-bond donors (Lipinski definition) is 2. The number of benzene rings is 1. The van der Waals surface area contributed by atoms with Gasteiger partial charge in [0.05, 0.1) is 13.2 Å². The number of nitrogens with zero attached hydrogens (tertiary/aromatic N) is 1. The molecule has 0 aromatic heterocycles. The zero-order chi connectivity index (χ0) is 14.5. The van der Waals surface area contributed by atoms with Gasteiger partial charge in [0.25, 0.3) is 0 Å². The average Bonchev–Trinajstić information content (AvgIpc) is 2.85. The van der Waals surface area contributed by atoms with Crippen LogP contribution in [0.2, 0.25) is 0 Å². The fraction of sp³-hybridized carbons (Fsp3) is 0.600. The van der Waals surface area contributed by atoms with Crippen LogP contribution in [-0.4, -0.2) is 56.9 Å². The van der Waals surface area contributed by atoms with Crippen LogP contribution in [-0.2, 0) is 0 Å². The maximum absolute atomic E-state index is 9.98. The van der Waals surface area contributed by atoms with Crippen LogP contribution in [0.5, 0.6) is 11.5 Å². The molecule has 20 heavy (non-hydrogen) atoms. The second-order valence-electron chi connectivity index (χ2n) is 5.27. The third kappa shape index (κ3) is 3.62. The third-order valence-electron chi connectivity index (χ3n) is 3.61. The van der Waals surface area contributed by atoms with Crippen LogP contribution in [0.3, 0.4) is 0 Å². The van der Waals surface area contributed by atoms with Gasteiger partial charge in [-0.3, -0.25) is 0 Å². The summed E-state index contributed by atoms with van der Waals surface area (Å²) in [6.07, 6.45) is 0.701. The molecule has 0 spiro atoms. The lowest BCUT2D eigenvalue weighted by Crippen LogP contribution is -2.21. The Hall–Kier alpha value is -1.30. The van der Waals surface area contributed by atoms with Crippen molar-refractivity contribution in [3.05, 3.63) is 23.8 Å². The molecule has 1 fully saturated rings. The summed E-state index contributed by atoms with van der Waals surface area (Å²) in [4.78, 5) is 2.25. The Kier molecular flexibility index (Phi) is 5.23. The number of methoxy groups -OCH3 is 1. The van der Waals surface area contributed by atoms with Gasteiger partial charge in [0.2, 0.25) is 0 Å². The molecule has 5 heteroatoms. The first-order valence-corrected chi connectivity index (χ1v) is 7.00. The summed E-state index contributed by atoms with van der Waals surface area (Å²) >= 11 is 0. The summed E-state index contributed by atoms with van der Waals surface area (Å²) in [5.41, 5.74) is 0.826. The van der Waals surface area contributed by atoms with Crippen LogP contribution < -0.4 is 14.8 Å². The van der Waals surface area contributed by atoms with Gasteiger partial charge in [-0.05, 0) is 38.2 Å². The fourth-order valence-corrected chi connectivity index (χ4v) is 2.47. The number of hydrogen-bond acceptors (Lipinski definition) is 5. The molecule has 2 atom stereocenters. The van der Waals surface area contributed by atoms with Gasteiger partial charge >= 0.3 is 0 Å². The molecule has 5 nitrogen and oxygen atoms in total. The molecule has 1 aliphatic heterocycles. The Morgan fingerprint density at radius 1 is 1.45 bits per heavy atom. The number of nitrogens with one attached hydrogen (secondary N) is 1. The van der Waals surface area contributed by atoms with Crippen molar-refractivity contribution in [2.45, 2.75) is 18.6 Å². The van der Waals surface area contributed by atoms with Gasteiger partial charge < -0.3 is 24.8 Å². The Morgan fingerprint density at radius 3 is 2.85 bits per heavy atom. The monoisotopic (exact) mass is 280 g/mol. The van der Waals surface area contributed by atoms with Crippen LogP contribution in [0.4, 0.5) is 0 Å². The maximum atomic E-state index is 9.98. The van der Waals surface area contributed by atoms with E-state index in [0.717, 1.165) is 30.8 Å². The van der Waals surface area contributed by atoms with Crippen molar-refractivity contribution in [1.29, 1.82) is 0 Å². The van der Waals surface area contributed by atoms with Crippen LogP contribution in [0.25, 0.3) is 0 Å². The Labute approximate surface area is 120 Å². The largest absolute Gasteiger partial charge is 0.493 e. The standard InChI is InChI=1S/C15H24N2O3/c1-16-9-13(18)11-4-5-14(15(8-11)19-3)20-12-6-7-17(2)10-12/h4-5,8,12-13,16,18H,6-7,9-10H2,1-3H3. The van der Waals surface area contributed by atoms with E-state index < -0.39 is 6.10 Å². The van der Waals surface area contributed by atoms with Crippen molar-refractivity contribution in [2.75, 3.05) is 40.8 Å². The van der Waals surface area contributed by atoms with E-state index in [1.54, 1.807) is 7.11 Å². The highest BCUT2D eigenvalue weighted by Crippen LogP contribution is 2.32. The van der Waals surface area contributed by atoms with Gasteiger partial charge in [-0.15, -0.1) is 0 Å². The number of likely N-dealkylation sites (tertiary alicyclic amines) is 1. The molecule has 112 valence electrons. The molecule has 1 saturated heterocycles. The number of aliphatic hydroxyl groups excluding tert-OH is 1. The third-order valence-corrected chi connectivity index (χ3v) is 3.61. The lowest BCUT2D eigenvalue weighted by molar-refractivity contribution is 0.176. The quantitative estimate of drug-likeness (QED) is 0.815. The van der Waals surface area contributed by atoms with E-state index in [1.165, 1.54) is 0 Å². The van der Waals surface area contributed by atoms with E-state index in [9.17, 15) is 5.11 Å². The SMILES string of the molecule is CNCC(O)c1ccc(OC2CCN(C)C2)c(OC)c1. The lowest BCUT2D eigenvalue weighted by Gasteiger charge is -2.18. The molecule has 0 saturated carbocycles. The number of rotatable bonds is 6. The summed E-state index contributed by atoms with van der Waals surface area (Å²) in [5.74, 6) is 1.42. The van der Waals surface area contributed by atoms with E-state index >= 15 is 0 Å².